The summed E-state index contributed by atoms with van der Waals surface area (Å²) in [5, 5.41) is 2.90. The number of alkyl halides is 1. The van der Waals surface area contributed by atoms with Crippen molar-refractivity contribution in [3.8, 4) is 11.5 Å². The van der Waals surface area contributed by atoms with Crippen molar-refractivity contribution in [3.05, 3.63) is 18.2 Å². The molecule has 0 aliphatic carbocycles. The van der Waals surface area contributed by atoms with E-state index in [9.17, 15) is 4.79 Å². The van der Waals surface area contributed by atoms with E-state index in [0.717, 1.165) is 37.1 Å². The highest BCUT2D eigenvalue weighted by Crippen LogP contribution is 2.32. The maximum Gasteiger partial charge on any atom is 0.238 e. The molecule has 1 aromatic rings. The minimum absolute atomic E-state index is 0.0159. The van der Waals surface area contributed by atoms with E-state index in [1.54, 1.807) is 6.07 Å². The van der Waals surface area contributed by atoms with Crippen LogP contribution in [0.5, 0.6) is 11.5 Å². The van der Waals surface area contributed by atoms with E-state index in [2.05, 4.69) is 28.2 Å². The Labute approximate surface area is 128 Å². The SMILES string of the molecule is CCCCC[C@@H](Br)C(=O)Nc1ccc2c(c1)OCCO2. The summed E-state index contributed by atoms with van der Waals surface area (Å²) in [4.78, 5) is 11.9. The second kappa shape index (κ2) is 7.53. The third-order valence-corrected chi connectivity index (χ3v) is 4.03. The molecule has 0 spiro atoms. The van der Waals surface area contributed by atoms with E-state index in [1.807, 2.05) is 12.1 Å². The molecule has 1 atom stereocenters. The molecule has 20 heavy (non-hydrogen) atoms. The van der Waals surface area contributed by atoms with Crippen LogP contribution >= 0.6 is 15.9 Å². The summed E-state index contributed by atoms with van der Waals surface area (Å²) >= 11 is 3.44. The van der Waals surface area contributed by atoms with Crippen molar-refractivity contribution in [3.63, 3.8) is 0 Å². The van der Waals surface area contributed by atoms with Crippen molar-refractivity contribution < 1.29 is 14.3 Å². The zero-order valence-corrected chi connectivity index (χ0v) is 13.2. The number of rotatable bonds is 6. The number of carbonyl (C=O) groups excluding carboxylic acids is 1. The summed E-state index contributed by atoms with van der Waals surface area (Å²) < 4.78 is 10.9. The average Bonchev–Trinajstić information content (AvgIpc) is 2.47. The summed E-state index contributed by atoms with van der Waals surface area (Å²) in [7, 11) is 0. The van der Waals surface area contributed by atoms with Gasteiger partial charge in [-0.15, -0.1) is 0 Å². The number of ether oxygens (including phenoxy) is 2. The second-order valence-electron chi connectivity index (χ2n) is 4.81. The van der Waals surface area contributed by atoms with Gasteiger partial charge in [-0.05, 0) is 18.6 Å². The fourth-order valence-corrected chi connectivity index (χ4v) is 2.48. The van der Waals surface area contributed by atoms with E-state index in [1.165, 1.54) is 0 Å². The maximum absolute atomic E-state index is 12.0. The molecule has 0 radical (unpaired) electrons. The molecule has 0 bridgehead atoms. The summed E-state index contributed by atoms with van der Waals surface area (Å²) in [5.74, 6) is 1.40. The van der Waals surface area contributed by atoms with Crippen LogP contribution in [-0.2, 0) is 4.79 Å². The van der Waals surface area contributed by atoms with Gasteiger partial charge in [-0.1, -0.05) is 42.1 Å². The van der Waals surface area contributed by atoms with E-state index in [4.69, 9.17) is 9.47 Å². The lowest BCUT2D eigenvalue weighted by Crippen LogP contribution is -2.23. The van der Waals surface area contributed by atoms with E-state index in [-0.39, 0.29) is 10.7 Å². The summed E-state index contributed by atoms with van der Waals surface area (Å²) in [5.41, 5.74) is 0.735. The molecule has 1 aliphatic rings. The molecule has 4 nitrogen and oxygen atoms in total. The standard InChI is InChI=1S/C15H20BrNO3/c1-2-3-4-5-12(16)15(18)17-11-6-7-13-14(10-11)20-9-8-19-13/h6-7,10,12H,2-5,8-9H2,1H3,(H,17,18)/t12-/m1/s1. The first-order chi connectivity index (χ1) is 9.70. The smallest absolute Gasteiger partial charge is 0.238 e. The van der Waals surface area contributed by atoms with Crippen LogP contribution in [0.4, 0.5) is 5.69 Å². The Morgan fingerprint density at radius 1 is 1.30 bits per heavy atom. The number of benzene rings is 1. The number of fused-ring (bicyclic) bond motifs is 1. The van der Waals surface area contributed by atoms with Crippen molar-refractivity contribution in [2.24, 2.45) is 0 Å². The molecule has 2 rings (SSSR count). The number of unbranched alkanes of at least 4 members (excludes halogenated alkanes) is 2. The van der Waals surface area contributed by atoms with Gasteiger partial charge in [-0.2, -0.15) is 0 Å². The minimum Gasteiger partial charge on any atom is -0.486 e. The quantitative estimate of drug-likeness (QED) is 0.633. The Hall–Kier alpha value is -1.23. The predicted octanol–water partition coefficient (Wildman–Crippen LogP) is 3.74. The van der Waals surface area contributed by atoms with Gasteiger partial charge in [-0.3, -0.25) is 4.79 Å². The Kier molecular flexibility index (Phi) is 5.71. The first-order valence-electron chi connectivity index (χ1n) is 7.05. The van der Waals surface area contributed by atoms with E-state index >= 15 is 0 Å². The fraction of sp³-hybridized carbons (Fsp3) is 0.533. The molecule has 0 saturated heterocycles. The molecule has 1 aromatic carbocycles. The monoisotopic (exact) mass is 341 g/mol. The topological polar surface area (TPSA) is 47.6 Å². The average molecular weight is 342 g/mol. The minimum atomic E-state index is -0.151. The van der Waals surface area contributed by atoms with Crippen LogP contribution in [0.3, 0.4) is 0 Å². The molecule has 0 unspecified atom stereocenters. The van der Waals surface area contributed by atoms with Gasteiger partial charge in [0.15, 0.2) is 11.5 Å². The molecule has 1 aliphatic heterocycles. The zero-order chi connectivity index (χ0) is 14.4. The van der Waals surface area contributed by atoms with Crippen LogP contribution in [0, 0.1) is 0 Å². The highest BCUT2D eigenvalue weighted by molar-refractivity contribution is 9.10. The number of hydrogen-bond acceptors (Lipinski definition) is 3. The lowest BCUT2D eigenvalue weighted by atomic mass is 10.1. The highest BCUT2D eigenvalue weighted by atomic mass is 79.9. The normalized spacial score (nSPS) is 14.7. The highest BCUT2D eigenvalue weighted by Gasteiger charge is 2.16. The molecular formula is C15H20BrNO3. The molecule has 0 aromatic heterocycles. The zero-order valence-electron chi connectivity index (χ0n) is 11.7. The first kappa shape index (κ1) is 15.2. The summed E-state index contributed by atoms with van der Waals surface area (Å²) in [6.45, 7) is 3.26. The van der Waals surface area contributed by atoms with Gasteiger partial charge in [0.25, 0.3) is 0 Å². The number of carbonyl (C=O) groups is 1. The van der Waals surface area contributed by atoms with Gasteiger partial charge in [0, 0.05) is 11.8 Å². The number of halogens is 1. The Morgan fingerprint density at radius 2 is 2.05 bits per heavy atom. The Morgan fingerprint density at radius 3 is 2.80 bits per heavy atom. The Bertz CT molecular complexity index is 464. The summed E-state index contributed by atoms with van der Waals surface area (Å²) in [6, 6.07) is 5.46. The molecule has 0 fully saturated rings. The molecule has 1 N–H and O–H groups in total. The molecule has 1 heterocycles. The molecular weight excluding hydrogens is 322 g/mol. The Balaban J connectivity index is 1.90. The third-order valence-electron chi connectivity index (χ3n) is 3.16. The molecule has 5 heteroatoms. The van der Waals surface area contributed by atoms with Crippen molar-refractivity contribution in [1.82, 2.24) is 0 Å². The van der Waals surface area contributed by atoms with Crippen LogP contribution in [0.2, 0.25) is 0 Å². The van der Waals surface area contributed by atoms with Crippen molar-refractivity contribution in [1.29, 1.82) is 0 Å². The van der Waals surface area contributed by atoms with Crippen LogP contribution in [-0.4, -0.2) is 23.9 Å². The largest absolute Gasteiger partial charge is 0.486 e. The molecule has 0 saturated carbocycles. The van der Waals surface area contributed by atoms with Crippen LogP contribution < -0.4 is 14.8 Å². The van der Waals surface area contributed by atoms with Gasteiger partial charge < -0.3 is 14.8 Å². The van der Waals surface area contributed by atoms with Crippen LogP contribution in [0.1, 0.15) is 32.6 Å². The van der Waals surface area contributed by atoms with Gasteiger partial charge >= 0.3 is 0 Å². The number of amides is 1. The lowest BCUT2D eigenvalue weighted by Gasteiger charge is -2.19. The number of nitrogens with one attached hydrogen (secondary N) is 1. The number of anilines is 1. The van der Waals surface area contributed by atoms with Gasteiger partial charge in [0.05, 0.1) is 4.83 Å². The number of hydrogen-bond donors (Lipinski definition) is 1. The molecule has 110 valence electrons. The van der Waals surface area contributed by atoms with Crippen molar-refractivity contribution in [2.45, 2.75) is 37.4 Å². The summed E-state index contributed by atoms with van der Waals surface area (Å²) in [6.07, 6.45) is 4.22. The van der Waals surface area contributed by atoms with Gasteiger partial charge in [0.2, 0.25) is 5.91 Å². The van der Waals surface area contributed by atoms with Gasteiger partial charge in [-0.25, -0.2) is 0 Å². The fourth-order valence-electron chi connectivity index (χ4n) is 2.05. The predicted molar refractivity (Wildman–Crippen MR) is 82.9 cm³/mol. The van der Waals surface area contributed by atoms with E-state index < -0.39 is 0 Å². The van der Waals surface area contributed by atoms with Gasteiger partial charge in [0.1, 0.15) is 13.2 Å². The second-order valence-corrected chi connectivity index (χ2v) is 5.92. The van der Waals surface area contributed by atoms with Crippen LogP contribution in [0.25, 0.3) is 0 Å². The first-order valence-corrected chi connectivity index (χ1v) is 7.97. The third kappa shape index (κ3) is 4.13. The van der Waals surface area contributed by atoms with E-state index in [0.29, 0.717) is 19.0 Å². The van der Waals surface area contributed by atoms with Crippen molar-refractivity contribution in [2.75, 3.05) is 18.5 Å². The van der Waals surface area contributed by atoms with Crippen molar-refractivity contribution >= 4 is 27.5 Å². The lowest BCUT2D eigenvalue weighted by molar-refractivity contribution is -0.115. The van der Waals surface area contributed by atoms with Crippen LogP contribution in [0.15, 0.2) is 18.2 Å². The maximum atomic E-state index is 12.0. The molecule has 1 amide bonds.